The number of carbonyl (C=O) groups is 1. The normalized spacial score (nSPS) is 12.1. The van der Waals surface area contributed by atoms with Crippen LogP contribution in [0.2, 0.25) is 0 Å². The van der Waals surface area contributed by atoms with Crippen LogP contribution < -0.4 is 10.0 Å². The summed E-state index contributed by atoms with van der Waals surface area (Å²) in [5.41, 5.74) is 0. The van der Waals surface area contributed by atoms with Crippen molar-refractivity contribution in [3.8, 4) is 0 Å². The van der Waals surface area contributed by atoms with E-state index in [4.69, 9.17) is 0 Å². The van der Waals surface area contributed by atoms with Crippen LogP contribution in [-0.2, 0) is 21.0 Å². The van der Waals surface area contributed by atoms with Crippen molar-refractivity contribution in [1.82, 2.24) is 14.9 Å². The Kier molecular flexibility index (Phi) is 5.51. The molecule has 0 saturated carbocycles. The van der Waals surface area contributed by atoms with Crippen LogP contribution in [0.4, 0.5) is 18.3 Å². The van der Waals surface area contributed by atoms with Crippen LogP contribution in [-0.4, -0.2) is 31.1 Å². The van der Waals surface area contributed by atoms with Gasteiger partial charge in [0.1, 0.15) is 0 Å². The van der Waals surface area contributed by atoms with Gasteiger partial charge in [-0.3, -0.25) is 4.79 Å². The molecule has 0 aliphatic heterocycles. The van der Waals surface area contributed by atoms with E-state index in [2.05, 4.69) is 20.2 Å². The third kappa shape index (κ3) is 4.97. The Morgan fingerprint density at radius 1 is 1.17 bits per heavy atom. The van der Waals surface area contributed by atoms with Gasteiger partial charge in [0.15, 0.2) is 0 Å². The first-order chi connectivity index (χ1) is 11.2. The molecule has 1 aromatic carbocycles. The van der Waals surface area contributed by atoms with Gasteiger partial charge in [0.05, 0.1) is 4.90 Å². The number of carbonyl (C=O) groups excluding carboxylic acids is 1. The molecule has 0 atom stereocenters. The summed E-state index contributed by atoms with van der Waals surface area (Å²) >= 11 is 0.186. The Labute approximate surface area is 139 Å². The molecule has 1 amide bonds. The highest BCUT2D eigenvalue weighted by Crippen LogP contribution is 2.32. The van der Waals surface area contributed by atoms with E-state index in [1.165, 1.54) is 12.1 Å². The average Bonchev–Trinajstić information content (AvgIpc) is 2.96. The molecule has 24 heavy (non-hydrogen) atoms. The molecule has 0 saturated heterocycles. The number of halogens is 3. The van der Waals surface area contributed by atoms with Crippen molar-refractivity contribution in [1.29, 1.82) is 0 Å². The first-order valence-electron chi connectivity index (χ1n) is 6.44. The van der Waals surface area contributed by atoms with E-state index >= 15 is 0 Å². The number of amides is 1. The number of sulfonamides is 1. The Morgan fingerprint density at radius 2 is 1.83 bits per heavy atom. The number of rotatable bonds is 6. The second kappa shape index (κ2) is 7.23. The minimum absolute atomic E-state index is 0.0457. The van der Waals surface area contributed by atoms with Crippen LogP contribution in [0, 0.1) is 0 Å². The highest BCUT2D eigenvalue weighted by atomic mass is 32.2. The molecule has 0 aliphatic rings. The van der Waals surface area contributed by atoms with Gasteiger partial charge < -0.3 is 5.32 Å². The maximum absolute atomic E-state index is 12.4. The largest absolute Gasteiger partial charge is 0.445 e. The number of hydrogen-bond acceptors (Lipinski definition) is 6. The van der Waals surface area contributed by atoms with Crippen molar-refractivity contribution >= 4 is 32.4 Å². The van der Waals surface area contributed by atoms with Gasteiger partial charge in [-0.2, -0.15) is 13.2 Å². The fraction of sp³-hybridized carbons (Fsp3) is 0.250. The molecule has 2 rings (SSSR count). The van der Waals surface area contributed by atoms with Gasteiger partial charge in [-0.25, -0.2) is 13.1 Å². The predicted octanol–water partition coefficient (Wildman–Crippen LogP) is 1.86. The van der Waals surface area contributed by atoms with Crippen molar-refractivity contribution in [2.45, 2.75) is 17.5 Å². The maximum Gasteiger partial charge on any atom is 0.445 e. The predicted molar refractivity (Wildman–Crippen MR) is 79.8 cm³/mol. The van der Waals surface area contributed by atoms with Gasteiger partial charge in [0, 0.05) is 13.0 Å². The zero-order valence-electron chi connectivity index (χ0n) is 11.9. The van der Waals surface area contributed by atoms with Crippen molar-refractivity contribution in [2.75, 3.05) is 11.9 Å². The monoisotopic (exact) mass is 380 g/mol. The standard InChI is InChI=1S/C12H11F3N4O3S2/c13-12(14,15)10-18-19-11(23-10)17-9(20)6-7-16-24(21,22)8-4-2-1-3-5-8/h1-5,16H,6-7H2,(H,17,19,20). The summed E-state index contributed by atoms with van der Waals surface area (Å²) in [5, 5.41) is 6.77. The SMILES string of the molecule is O=C(CCNS(=O)(=O)c1ccccc1)Nc1nnc(C(F)(F)F)s1. The molecule has 0 fully saturated rings. The van der Waals surface area contributed by atoms with Crippen LogP contribution in [0.3, 0.4) is 0 Å². The van der Waals surface area contributed by atoms with E-state index in [1.807, 2.05) is 0 Å². The number of alkyl halides is 3. The molecule has 0 unspecified atom stereocenters. The molecule has 0 spiro atoms. The lowest BCUT2D eigenvalue weighted by atomic mass is 10.4. The molecule has 130 valence electrons. The van der Waals surface area contributed by atoms with E-state index in [1.54, 1.807) is 18.2 Å². The smallest absolute Gasteiger partial charge is 0.300 e. The lowest BCUT2D eigenvalue weighted by Gasteiger charge is -2.06. The molecule has 0 bridgehead atoms. The molecule has 2 N–H and O–H groups in total. The molecule has 1 aromatic heterocycles. The molecule has 7 nitrogen and oxygen atoms in total. The summed E-state index contributed by atoms with van der Waals surface area (Å²) in [6.07, 6.45) is -4.90. The van der Waals surface area contributed by atoms with Crippen LogP contribution in [0.15, 0.2) is 35.2 Å². The fourth-order valence-corrected chi connectivity index (χ4v) is 3.23. The zero-order valence-corrected chi connectivity index (χ0v) is 13.5. The molecule has 2 aromatic rings. The van der Waals surface area contributed by atoms with Gasteiger partial charge in [0.25, 0.3) is 0 Å². The van der Waals surface area contributed by atoms with E-state index in [9.17, 15) is 26.4 Å². The number of hydrogen-bond donors (Lipinski definition) is 2. The first kappa shape index (κ1) is 18.3. The fourth-order valence-electron chi connectivity index (χ4n) is 1.55. The number of nitrogens with one attached hydrogen (secondary N) is 2. The second-order valence-electron chi connectivity index (χ2n) is 4.42. The van der Waals surface area contributed by atoms with E-state index < -0.39 is 27.1 Å². The van der Waals surface area contributed by atoms with Gasteiger partial charge in [-0.1, -0.05) is 29.5 Å². The maximum atomic E-state index is 12.4. The molecule has 1 heterocycles. The average molecular weight is 380 g/mol. The molecule has 0 aliphatic carbocycles. The third-order valence-corrected chi connectivity index (χ3v) is 4.97. The van der Waals surface area contributed by atoms with Crippen LogP contribution in [0.1, 0.15) is 11.4 Å². The second-order valence-corrected chi connectivity index (χ2v) is 7.16. The quantitative estimate of drug-likeness (QED) is 0.797. The Bertz CT molecular complexity index is 806. The van der Waals surface area contributed by atoms with Gasteiger partial charge >= 0.3 is 6.18 Å². The topological polar surface area (TPSA) is 101 Å². The lowest BCUT2D eigenvalue weighted by molar-refractivity contribution is -0.138. The van der Waals surface area contributed by atoms with Crippen LogP contribution >= 0.6 is 11.3 Å². The summed E-state index contributed by atoms with van der Waals surface area (Å²) in [4.78, 5) is 11.7. The number of benzene rings is 1. The van der Waals surface area contributed by atoms with Crippen molar-refractivity contribution in [3.63, 3.8) is 0 Å². The molecular formula is C12H11F3N4O3S2. The highest BCUT2D eigenvalue weighted by Gasteiger charge is 2.35. The zero-order chi connectivity index (χ0) is 17.8. The summed E-state index contributed by atoms with van der Waals surface area (Å²) in [6.45, 7) is -0.214. The summed E-state index contributed by atoms with van der Waals surface area (Å²) in [7, 11) is -3.75. The van der Waals surface area contributed by atoms with E-state index in [0.717, 1.165) is 0 Å². The lowest BCUT2D eigenvalue weighted by Crippen LogP contribution is -2.27. The van der Waals surface area contributed by atoms with Crippen LogP contribution in [0.5, 0.6) is 0 Å². The van der Waals surface area contributed by atoms with Crippen molar-refractivity contribution in [3.05, 3.63) is 35.3 Å². The van der Waals surface area contributed by atoms with Crippen molar-refractivity contribution in [2.24, 2.45) is 0 Å². The number of nitrogens with zero attached hydrogens (tertiary/aromatic N) is 2. The Morgan fingerprint density at radius 3 is 2.42 bits per heavy atom. The van der Waals surface area contributed by atoms with E-state index in [-0.39, 0.29) is 34.3 Å². The third-order valence-electron chi connectivity index (χ3n) is 2.61. The number of anilines is 1. The first-order valence-corrected chi connectivity index (χ1v) is 8.74. The number of aromatic nitrogens is 2. The summed E-state index contributed by atoms with van der Waals surface area (Å²) in [5.74, 6) is -0.685. The summed E-state index contributed by atoms with van der Waals surface area (Å²) < 4.78 is 63.1. The molecular weight excluding hydrogens is 369 g/mol. The molecule has 0 radical (unpaired) electrons. The molecule has 12 heteroatoms. The van der Waals surface area contributed by atoms with Gasteiger partial charge in [-0.15, -0.1) is 10.2 Å². The Balaban J connectivity index is 1.85. The minimum Gasteiger partial charge on any atom is -0.300 e. The Hall–Kier alpha value is -2.05. The minimum atomic E-state index is -4.63. The van der Waals surface area contributed by atoms with Gasteiger partial charge in [-0.05, 0) is 12.1 Å². The van der Waals surface area contributed by atoms with Crippen molar-refractivity contribution < 1.29 is 26.4 Å². The highest BCUT2D eigenvalue weighted by molar-refractivity contribution is 7.89. The van der Waals surface area contributed by atoms with E-state index in [0.29, 0.717) is 0 Å². The van der Waals surface area contributed by atoms with Crippen LogP contribution in [0.25, 0.3) is 0 Å². The summed E-state index contributed by atoms with van der Waals surface area (Å²) in [6, 6.07) is 7.54. The van der Waals surface area contributed by atoms with Gasteiger partial charge in [0.2, 0.25) is 26.1 Å².